The summed E-state index contributed by atoms with van der Waals surface area (Å²) in [5, 5.41) is 7.30. The second-order valence-electron chi connectivity index (χ2n) is 5.45. The van der Waals surface area contributed by atoms with E-state index in [2.05, 4.69) is 27.0 Å². The topological polar surface area (TPSA) is 32.3 Å². The average molecular weight is 312 g/mol. The lowest BCUT2D eigenvalue weighted by atomic mass is 10.0. The molecule has 114 valence electrons. The molecule has 3 rings (SSSR count). The van der Waals surface area contributed by atoms with Crippen LogP contribution in [0.3, 0.4) is 0 Å². The zero-order valence-electron chi connectivity index (χ0n) is 12.4. The van der Waals surface area contributed by atoms with Crippen molar-refractivity contribution in [2.45, 2.75) is 12.5 Å². The van der Waals surface area contributed by atoms with Crippen LogP contribution in [0.15, 0.2) is 53.2 Å². The van der Waals surface area contributed by atoms with E-state index in [4.69, 9.17) is 0 Å². The minimum atomic E-state index is -0.0374. The van der Waals surface area contributed by atoms with Crippen LogP contribution in [0.2, 0.25) is 0 Å². The molecule has 2 heterocycles. The maximum absolute atomic E-state index is 12.0. The van der Waals surface area contributed by atoms with Gasteiger partial charge in [-0.3, -0.25) is 9.69 Å². The Morgan fingerprint density at radius 1 is 1.27 bits per heavy atom. The molecule has 0 saturated carbocycles. The van der Waals surface area contributed by atoms with Gasteiger partial charge < -0.3 is 5.32 Å². The second kappa shape index (κ2) is 7.38. The first-order valence-electron chi connectivity index (χ1n) is 7.60. The van der Waals surface area contributed by atoms with Crippen LogP contribution in [0.4, 0.5) is 0 Å². The molecule has 3 nitrogen and oxygen atoms in total. The number of thiophene rings is 1. The van der Waals surface area contributed by atoms with Crippen LogP contribution >= 0.6 is 11.3 Å². The van der Waals surface area contributed by atoms with Crippen LogP contribution in [-0.2, 0) is 4.79 Å². The highest BCUT2D eigenvalue weighted by atomic mass is 32.1. The van der Waals surface area contributed by atoms with Crippen molar-refractivity contribution in [2.24, 2.45) is 0 Å². The third-order valence-corrected chi connectivity index (χ3v) is 4.66. The molecule has 1 N–H and O–H groups in total. The van der Waals surface area contributed by atoms with Gasteiger partial charge in [0.15, 0.2) is 0 Å². The normalized spacial score (nSPS) is 16.4. The Morgan fingerprint density at radius 3 is 2.73 bits per heavy atom. The van der Waals surface area contributed by atoms with E-state index in [0.29, 0.717) is 12.6 Å². The van der Waals surface area contributed by atoms with E-state index in [1.807, 2.05) is 36.4 Å². The number of carbonyl (C=O) groups is 1. The van der Waals surface area contributed by atoms with Gasteiger partial charge in [-0.05, 0) is 40.5 Å². The number of likely N-dealkylation sites (tertiary alicyclic amines) is 1. The molecule has 1 aromatic heterocycles. The van der Waals surface area contributed by atoms with Crippen LogP contribution in [0.25, 0.3) is 6.08 Å². The minimum Gasteiger partial charge on any atom is -0.351 e. The van der Waals surface area contributed by atoms with Gasteiger partial charge in [-0.15, -0.1) is 0 Å². The minimum absolute atomic E-state index is 0.0374. The van der Waals surface area contributed by atoms with Crippen LogP contribution < -0.4 is 5.32 Å². The first-order valence-corrected chi connectivity index (χ1v) is 8.54. The molecule has 1 atom stereocenters. The molecule has 1 aromatic carbocycles. The van der Waals surface area contributed by atoms with E-state index >= 15 is 0 Å². The zero-order chi connectivity index (χ0) is 15.2. The van der Waals surface area contributed by atoms with E-state index < -0.39 is 0 Å². The molecule has 0 aliphatic carbocycles. The summed E-state index contributed by atoms with van der Waals surface area (Å²) in [6.07, 6.45) is 4.71. The quantitative estimate of drug-likeness (QED) is 0.830. The van der Waals surface area contributed by atoms with Crippen molar-refractivity contribution in [1.82, 2.24) is 10.2 Å². The second-order valence-corrected chi connectivity index (χ2v) is 6.23. The maximum atomic E-state index is 12.0. The first kappa shape index (κ1) is 15.0. The Labute approximate surface area is 135 Å². The average Bonchev–Trinajstić information content (AvgIpc) is 3.02. The highest BCUT2D eigenvalue weighted by molar-refractivity contribution is 7.07. The largest absolute Gasteiger partial charge is 0.351 e. The van der Waals surface area contributed by atoms with Crippen molar-refractivity contribution < 1.29 is 4.79 Å². The van der Waals surface area contributed by atoms with Crippen molar-refractivity contribution in [2.75, 3.05) is 19.6 Å². The number of nitrogens with one attached hydrogen (secondary N) is 1. The summed E-state index contributed by atoms with van der Waals surface area (Å²) in [4.78, 5) is 14.4. The Balaban J connectivity index is 1.55. The van der Waals surface area contributed by atoms with Crippen molar-refractivity contribution in [3.05, 3.63) is 64.4 Å². The SMILES string of the molecule is O=C(/C=C/c1ccccc1)NCC(c1ccsc1)N1CCC1. The Morgan fingerprint density at radius 2 is 2.09 bits per heavy atom. The number of rotatable bonds is 6. The molecule has 2 aromatic rings. The molecule has 1 saturated heterocycles. The zero-order valence-corrected chi connectivity index (χ0v) is 13.3. The summed E-state index contributed by atoms with van der Waals surface area (Å²) in [6, 6.07) is 12.3. The molecule has 1 fully saturated rings. The van der Waals surface area contributed by atoms with Crippen LogP contribution in [0.5, 0.6) is 0 Å². The molecule has 0 bridgehead atoms. The van der Waals surface area contributed by atoms with Crippen LogP contribution in [0.1, 0.15) is 23.6 Å². The number of hydrogen-bond donors (Lipinski definition) is 1. The number of carbonyl (C=O) groups excluding carboxylic acids is 1. The summed E-state index contributed by atoms with van der Waals surface area (Å²) >= 11 is 1.71. The summed E-state index contributed by atoms with van der Waals surface area (Å²) in [7, 11) is 0. The molecule has 22 heavy (non-hydrogen) atoms. The van der Waals surface area contributed by atoms with Gasteiger partial charge in [-0.2, -0.15) is 11.3 Å². The van der Waals surface area contributed by atoms with E-state index in [1.54, 1.807) is 17.4 Å². The van der Waals surface area contributed by atoms with E-state index in [1.165, 1.54) is 12.0 Å². The molecule has 1 aliphatic heterocycles. The number of nitrogens with zero attached hydrogens (tertiary/aromatic N) is 1. The fraction of sp³-hybridized carbons (Fsp3) is 0.278. The standard InChI is InChI=1S/C18H20N2OS/c21-18(8-7-15-5-2-1-3-6-15)19-13-17(20-10-4-11-20)16-9-12-22-14-16/h1-3,5-9,12,14,17H,4,10-11,13H2,(H,19,21)/b8-7+. The molecule has 1 unspecified atom stereocenters. The monoisotopic (exact) mass is 312 g/mol. The fourth-order valence-electron chi connectivity index (χ4n) is 2.57. The summed E-state index contributed by atoms with van der Waals surface area (Å²) in [5.41, 5.74) is 2.34. The van der Waals surface area contributed by atoms with Gasteiger partial charge in [-0.25, -0.2) is 0 Å². The third kappa shape index (κ3) is 3.84. The van der Waals surface area contributed by atoms with Crippen molar-refractivity contribution in [3.63, 3.8) is 0 Å². The van der Waals surface area contributed by atoms with Gasteiger partial charge >= 0.3 is 0 Å². The Kier molecular flexibility index (Phi) is 5.03. The van der Waals surface area contributed by atoms with Gasteiger partial charge in [0.1, 0.15) is 0 Å². The van der Waals surface area contributed by atoms with E-state index in [0.717, 1.165) is 18.7 Å². The third-order valence-electron chi connectivity index (χ3n) is 3.96. The van der Waals surface area contributed by atoms with Gasteiger partial charge in [-0.1, -0.05) is 30.3 Å². The summed E-state index contributed by atoms with van der Waals surface area (Å²) < 4.78 is 0. The van der Waals surface area contributed by atoms with E-state index in [9.17, 15) is 4.79 Å². The number of hydrogen-bond acceptors (Lipinski definition) is 3. The van der Waals surface area contributed by atoms with Gasteiger partial charge in [0.25, 0.3) is 0 Å². The highest BCUT2D eigenvalue weighted by Crippen LogP contribution is 2.26. The molecular weight excluding hydrogens is 292 g/mol. The maximum Gasteiger partial charge on any atom is 0.244 e. The van der Waals surface area contributed by atoms with Crippen molar-refractivity contribution in [3.8, 4) is 0 Å². The fourth-order valence-corrected chi connectivity index (χ4v) is 3.27. The molecule has 0 spiro atoms. The predicted molar refractivity (Wildman–Crippen MR) is 91.7 cm³/mol. The Bertz CT molecular complexity index is 618. The lowest BCUT2D eigenvalue weighted by Gasteiger charge is -2.38. The summed E-state index contributed by atoms with van der Waals surface area (Å²) in [5.74, 6) is -0.0374. The first-order chi connectivity index (χ1) is 10.8. The van der Waals surface area contributed by atoms with Crippen molar-refractivity contribution in [1.29, 1.82) is 0 Å². The lowest BCUT2D eigenvalue weighted by molar-refractivity contribution is -0.116. The molecular formula is C18H20N2OS. The lowest BCUT2D eigenvalue weighted by Crippen LogP contribution is -2.44. The van der Waals surface area contributed by atoms with E-state index in [-0.39, 0.29) is 5.91 Å². The molecule has 0 radical (unpaired) electrons. The van der Waals surface area contributed by atoms with Gasteiger partial charge in [0.05, 0.1) is 6.04 Å². The highest BCUT2D eigenvalue weighted by Gasteiger charge is 2.25. The molecule has 4 heteroatoms. The van der Waals surface area contributed by atoms with Crippen molar-refractivity contribution >= 4 is 23.3 Å². The van der Waals surface area contributed by atoms with Gasteiger partial charge in [0, 0.05) is 25.7 Å². The number of benzene rings is 1. The van der Waals surface area contributed by atoms with Gasteiger partial charge in [0.2, 0.25) is 5.91 Å². The van der Waals surface area contributed by atoms with Crippen LogP contribution in [0, 0.1) is 0 Å². The Hall–Kier alpha value is -1.91. The molecule has 1 amide bonds. The molecule has 1 aliphatic rings. The number of amides is 1. The van der Waals surface area contributed by atoms with Crippen LogP contribution in [-0.4, -0.2) is 30.4 Å². The predicted octanol–water partition coefficient (Wildman–Crippen LogP) is 3.32. The smallest absolute Gasteiger partial charge is 0.244 e. The summed E-state index contributed by atoms with van der Waals surface area (Å²) in [6.45, 7) is 2.90.